The summed E-state index contributed by atoms with van der Waals surface area (Å²) in [5, 5.41) is 9.74. The molecule has 1 aliphatic rings. The lowest BCUT2D eigenvalue weighted by molar-refractivity contribution is 0.0474. The summed E-state index contributed by atoms with van der Waals surface area (Å²) in [4.78, 5) is 22.6. The number of hydrogen-bond acceptors (Lipinski definition) is 6. The summed E-state index contributed by atoms with van der Waals surface area (Å²) in [6.07, 6.45) is 1.14. The van der Waals surface area contributed by atoms with E-state index in [4.69, 9.17) is 9.47 Å². The third-order valence-corrected chi connectivity index (χ3v) is 4.19. The van der Waals surface area contributed by atoms with Gasteiger partial charge in [-0.15, -0.1) is 0 Å². The van der Waals surface area contributed by atoms with Gasteiger partial charge >= 0.3 is 6.01 Å². The number of β-amino-alcohol motifs (C(OH)–C–C–N with tert-alkyl or cyclic N) is 1. The number of likely N-dealkylation sites (tertiary alicyclic amines) is 1. The number of methoxy groups -OCH3 is 2. The van der Waals surface area contributed by atoms with Gasteiger partial charge in [0.2, 0.25) is 5.88 Å². The molecule has 0 spiro atoms. The van der Waals surface area contributed by atoms with Crippen molar-refractivity contribution >= 4 is 5.91 Å². The molecule has 1 amide bonds. The van der Waals surface area contributed by atoms with Crippen LogP contribution in [0.3, 0.4) is 0 Å². The predicted octanol–water partition coefficient (Wildman–Crippen LogP) is 1.76. The average Bonchev–Trinajstić information content (AvgIpc) is 2.67. The molecule has 0 saturated carbocycles. The van der Waals surface area contributed by atoms with E-state index in [1.807, 2.05) is 12.1 Å². The highest BCUT2D eigenvalue weighted by Gasteiger charge is 2.23. The summed E-state index contributed by atoms with van der Waals surface area (Å²) in [5.74, 6) is 0.340. The number of benzene rings is 1. The number of hydrogen-bond donors (Lipinski definition) is 1. The summed E-state index contributed by atoms with van der Waals surface area (Å²) in [6, 6.07) is 9.11. The third-order valence-electron chi connectivity index (χ3n) is 4.19. The van der Waals surface area contributed by atoms with Crippen LogP contribution in [0.25, 0.3) is 11.3 Å². The Hall–Kier alpha value is -2.67. The van der Waals surface area contributed by atoms with Crippen LogP contribution in [0.4, 0.5) is 0 Å². The Bertz CT molecular complexity index is 726. The fraction of sp³-hybridized carbons (Fsp3) is 0.389. The summed E-state index contributed by atoms with van der Waals surface area (Å²) in [6.45, 7) is 1.07. The normalized spacial score (nSPS) is 17.2. The third kappa shape index (κ3) is 3.88. The first kappa shape index (κ1) is 17.2. The molecule has 1 aromatic heterocycles. The van der Waals surface area contributed by atoms with Crippen molar-refractivity contribution in [2.75, 3.05) is 27.3 Å². The highest BCUT2D eigenvalue weighted by Crippen LogP contribution is 2.24. The van der Waals surface area contributed by atoms with Crippen LogP contribution in [0.1, 0.15) is 23.2 Å². The van der Waals surface area contributed by atoms with Gasteiger partial charge in [-0.25, -0.2) is 0 Å². The fourth-order valence-corrected chi connectivity index (χ4v) is 2.85. The van der Waals surface area contributed by atoms with Crippen LogP contribution >= 0.6 is 0 Å². The molecule has 132 valence electrons. The topological polar surface area (TPSA) is 84.8 Å². The van der Waals surface area contributed by atoms with Gasteiger partial charge in [0.25, 0.3) is 5.91 Å². The van der Waals surface area contributed by atoms with Crippen molar-refractivity contribution < 1.29 is 19.4 Å². The van der Waals surface area contributed by atoms with Crippen LogP contribution in [-0.4, -0.2) is 59.3 Å². The molecular weight excluding hydrogens is 322 g/mol. The molecule has 1 aromatic carbocycles. The number of carbonyl (C=O) groups is 1. The molecule has 1 saturated heterocycles. The molecule has 7 nitrogen and oxygen atoms in total. The number of ether oxygens (including phenoxy) is 2. The minimum Gasteiger partial charge on any atom is -0.481 e. The van der Waals surface area contributed by atoms with Crippen LogP contribution in [0.15, 0.2) is 30.3 Å². The first-order valence-electron chi connectivity index (χ1n) is 8.15. The number of amides is 1. The first-order valence-corrected chi connectivity index (χ1v) is 8.15. The van der Waals surface area contributed by atoms with E-state index < -0.39 is 6.10 Å². The molecule has 0 unspecified atom stereocenters. The molecule has 0 radical (unpaired) electrons. The molecule has 0 bridgehead atoms. The van der Waals surface area contributed by atoms with E-state index >= 15 is 0 Å². The number of rotatable bonds is 4. The van der Waals surface area contributed by atoms with Crippen LogP contribution < -0.4 is 9.47 Å². The van der Waals surface area contributed by atoms with Gasteiger partial charge in [-0.05, 0) is 25.0 Å². The van der Waals surface area contributed by atoms with Crippen molar-refractivity contribution in [2.45, 2.75) is 18.9 Å². The molecule has 1 aliphatic heterocycles. The van der Waals surface area contributed by atoms with Crippen LogP contribution in [0.2, 0.25) is 0 Å². The summed E-state index contributed by atoms with van der Waals surface area (Å²) in [7, 11) is 3.02. The van der Waals surface area contributed by atoms with Gasteiger partial charge in [-0.3, -0.25) is 4.79 Å². The smallest absolute Gasteiger partial charge is 0.320 e. The number of nitrogens with zero attached hydrogens (tertiary/aromatic N) is 3. The molecule has 25 heavy (non-hydrogen) atoms. The molecular formula is C18H21N3O4. The van der Waals surface area contributed by atoms with E-state index in [0.29, 0.717) is 30.2 Å². The Kier molecular flexibility index (Phi) is 5.14. The summed E-state index contributed by atoms with van der Waals surface area (Å²) in [5.41, 5.74) is 2.07. The Morgan fingerprint density at radius 2 is 1.96 bits per heavy atom. The Labute approximate surface area is 146 Å². The van der Waals surface area contributed by atoms with Crippen molar-refractivity contribution in [1.82, 2.24) is 14.9 Å². The zero-order valence-corrected chi connectivity index (χ0v) is 14.3. The number of aliphatic hydroxyl groups is 1. The number of piperidine rings is 1. The van der Waals surface area contributed by atoms with Crippen molar-refractivity contribution in [1.29, 1.82) is 0 Å². The van der Waals surface area contributed by atoms with Gasteiger partial charge in [0, 0.05) is 30.3 Å². The van der Waals surface area contributed by atoms with Gasteiger partial charge in [0.05, 0.1) is 26.0 Å². The molecule has 1 N–H and O–H groups in total. The van der Waals surface area contributed by atoms with Crippen LogP contribution in [0.5, 0.6) is 11.9 Å². The number of carbonyl (C=O) groups excluding carboxylic acids is 1. The predicted molar refractivity (Wildman–Crippen MR) is 91.7 cm³/mol. The molecule has 7 heteroatoms. The van der Waals surface area contributed by atoms with E-state index in [-0.39, 0.29) is 11.9 Å². The summed E-state index contributed by atoms with van der Waals surface area (Å²) >= 11 is 0. The molecule has 0 aliphatic carbocycles. The maximum atomic E-state index is 12.5. The van der Waals surface area contributed by atoms with Gasteiger partial charge < -0.3 is 19.5 Å². The van der Waals surface area contributed by atoms with Crippen molar-refractivity contribution in [3.63, 3.8) is 0 Å². The van der Waals surface area contributed by atoms with Crippen LogP contribution in [-0.2, 0) is 0 Å². The zero-order valence-electron chi connectivity index (χ0n) is 14.3. The lowest BCUT2D eigenvalue weighted by atomic mass is 10.0. The van der Waals surface area contributed by atoms with E-state index in [1.165, 1.54) is 14.2 Å². The van der Waals surface area contributed by atoms with E-state index in [0.717, 1.165) is 18.4 Å². The maximum absolute atomic E-state index is 12.5. The van der Waals surface area contributed by atoms with E-state index in [2.05, 4.69) is 9.97 Å². The second kappa shape index (κ2) is 7.48. The molecule has 1 fully saturated rings. The van der Waals surface area contributed by atoms with E-state index in [9.17, 15) is 9.90 Å². The Morgan fingerprint density at radius 3 is 2.60 bits per heavy atom. The number of aromatic nitrogens is 2. The highest BCUT2D eigenvalue weighted by atomic mass is 16.5. The van der Waals surface area contributed by atoms with Gasteiger partial charge in [0.1, 0.15) is 0 Å². The zero-order chi connectivity index (χ0) is 17.8. The maximum Gasteiger partial charge on any atom is 0.320 e. The fourth-order valence-electron chi connectivity index (χ4n) is 2.85. The molecule has 2 heterocycles. The Morgan fingerprint density at radius 1 is 1.20 bits per heavy atom. The molecule has 3 rings (SSSR count). The minimum absolute atomic E-state index is 0.0665. The van der Waals surface area contributed by atoms with Crippen LogP contribution in [0, 0.1) is 0 Å². The second-order valence-electron chi connectivity index (χ2n) is 5.91. The SMILES string of the molecule is COc1cc(-c2ccc(C(=O)N3CCC[C@@H](O)C3)cc2)nc(OC)n1. The second-order valence-corrected chi connectivity index (χ2v) is 5.91. The van der Waals surface area contributed by atoms with E-state index in [1.54, 1.807) is 23.1 Å². The van der Waals surface area contributed by atoms with Gasteiger partial charge in [0.15, 0.2) is 0 Å². The minimum atomic E-state index is -0.432. The first-order chi connectivity index (χ1) is 12.1. The summed E-state index contributed by atoms with van der Waals surface area (Å²) < 4.78 is 10.2. The van der Waals surface area contributed by atoms with Crippen molar-refractivity contribution in [3.05, 3.63) is 35.9 Å². The number of aliphatic hydroxyl groups excluding tert-OH is 1. The quantitative estimate of drug-likeness (QED) is 0.910. The standard InChI is InChI=1S/C18H21N3O4/c1-24-16-10-15(19-18(20-16)25-2)12-5-7-13(8-6-12)17(23)21-9-3-4-14(22)11-21/h5-8,10,14,22H,3-4,9,11H2,1-2H3/t14-/m1/s1. The largest absolute Gasteiger partial charge is 0.481 e. The average molecular weight is 343 g/mol. The molecule has 1 atom stereocenters. The molecule has 2 aromatic rings. The monoisotopic (exact) mass is 343 g/mol. The lowest BCUT2D eigenvalue weighted by Gasteiger charge is -2.30. The van der Waals surface area contributed by atoms with Crippen molar-refractivity contribution in [2.24, 2.45) is 0 Å². The lowest BCUT2D eigenvalue weighted by Crippen LogP contribution is -2.42. The van der Waals surface area contributed by atoms with Gasteiger partial charge in [-0.1, -0.05) is 12.1 Å². The Balaban J connectivity index is 1.81. The van der Waals surface area contributed by atoms with Gasteiger partial charge in [-0.2, -0.15) is 9.97 Å². The highest BCUT2D eigenvalue weighted by molar-refractivity contribution is 5.94. The van der Waals surface area contributed by atoms with Crippen molar-refractivity contribution in [3.8, 4) is 23.1 Å².